The molecule has 4 aliphatic heterocycles. The monoisotopic (exact) mass is 2020 g/mol. The fraction of sp³-hybridized carbons (Fsp3) is 0.657. The molecule has 134 heavy (non-hydrogen) atoms. The van der Waals surface area contributed by atoms with E-state index >= 15 is 0 Å². The molecule has 4 amide bonds. The van der Waals surface area contributed by atoms with Crippen molar-refractivity contribution in [3.05, 3.63) is 144 Å². The Kier molecular flexibility index (Phi) is 53.5. The summed E-state index contributed by atoms with van der Waals surface area (Å²) in [6.07, 6.45) is 18.4. The van der Waals surface area contributed by atoms with Gasteiger partial charge in [-0.25, -0.2) is 19.2 Å². The van der Waals surface area contributed by atoms with E-state index in [-0.39, 0.29) is 82.3 Å². The summed E-state index contributed by atoms with van der Waals surface area (Å²) >= 11 is 6.87. The highest BCUT2D eigenvalue weighted by atomic mass is 32.2. The molecule has 0 bridgehead atoms. The summed E-state index contributed by atoms with van der Waals surface area (Å²) in [7, 11) is -14.3. The first-order valence-corrected chi connectivity index (χ1v) is 60.6. The van der Waals surface area contributed by atoms with Crippen molar-refractivity contribution in [3.63, 3.8) is 0 Å². The highest BCUT2D eigenvalue weighted by Gasteiger charge is 2.47. The summed E-state index contributed by atoms with van der Waals surface area (Å²) in [4.78, 5) is 149. The van der Waals surface area contributed by atoms with E-state index in [2.05, 4.69) is 32.9 Å². The lowest BCUT2D eigenvalue weighted by Gasteiger charge is -2.29. The number of amides is 4. The van der Waals surface area contributed by atoms with Crippen molar-refractivity contribution in [2.24, 2.45) is 11.8 Å². The molecule has 27 nitrogen and oxygen atoms in total. The molecule has 4 aromatic carbocycles. The number of carboxylic acids is 4. The molecule has 0 radical (unpaired) electrons. The van der Waals surface area contributed by atoms with Gasteiger partial charge in [0.05, 0.1) is 6.10 Å². The first-order valence-electron chi connectivity index (χ1n) is 48.4. The summed E-state index contributed by atoms with van der Waals surface area (Å²) in [5.74, 6) is -4.06. The van der Waals surface area contributed by atoms with Crippen molar-refractivity contribution in [2.75, 3.05) is 92.7 Å². The van der Waals surface area contributed by atoms with Gasteiger partial charge in [0.1, 0.15) is 54.6 Å². The van der Waals surface area contributed by atoms with Crippen molar-refractivity contribution < 1.29 is 110 Å². The fourth-order valence-corrected chi connectivity index (χ4v) is 29.9. The van der Waals surface area contributed by atoms with E-state index in [1.807, 2.05) is 135 Å². The topological polar surface area (TPSA) is 401 Å². The van der Waals surface area contributed by atoms with Gasteiger partial charge in [-0.05, 0) is 180 Å². The van der Waals surface area contributed by atoms with Crippen LogP contribution in [0, 0.1) is 11.8 Å². The van der Waals surface area contributed by atoms with Crippen molar-refractivity contribution in [1.29, 1.82) is 0 Å². The molecule has 4 saturated heterocycles. The van der Waals surface area contributed by atoms with Crippen LogP contribution in [-0.4, -0.2) is 265 Å². The Morgan fingerprint density at radius 3 is 1.03 bits per heavy atom. The zero-order valence-electron chi connectivity index (χ0n) is 80.3. The molecule has 0 aromatic heterocycles. The number of nitrogens with zero attached hydrogens (tertiary/aromatic N) is 4. The van der Waals surface area contributed by atoms with E-state index in [4.69, 9.17) is 13.8 Å². The van der Waals surface area contributed by atoms with Gasteiger partial charge in [-0.3, -0.25) is 51.6 Å². The van der Waals surface area contributed by atoms with E-state index < -0.39 is 138 Å². The van der Waals surface area contributed by atoms with Crippen LogP contribution in [0.2, 0.25) is 0 Å². The summed E-state index contributed by atoms with van der Waals surface area (Å²) < 4.78 is 71.0. The average Bonchev–Trinajstić information content (AvgIpc) is 1.67. The van der Waals surface area contributed by atoms with Gasteiger partial charge < -0.3 is 59.1 Å². The molecular weight excluding hydrogens is 1870 g/mol. The van der Waals surface area contributed by atoms with Gasteiger partial charge in [0.2, 0.25) is 59.4 Å². The Bertz CT molecular complexity index is 4450. The maximum absolute atomic E-state index is 14.2. The Morgan fingerprint density at radius 1 is 0.381 bits per heavy atom. The number of carbonyl (C=O) groups excluding carboxylic acids is 6. The van der Waals surface area contributed by atoms with Gasteiger partial charge in [-0.1, -0.05) is 209 Å². The van der Waals surface area contributed by atoms with E-state index in [0.29, 0.717) is 89.2 Å². The van der Waals surface area contributed by atoms with Crippen LogP contribution in [-0.2, 0) is 106 Å². The molecular formula is C99H152N4O23P4S4. The van der Waals surface area contributed by atoms with Crippen LogP contribution in [0.3, 0.4) is 0 Å². The van der Waals surface area contributed by atoms with Crippen molar-refractivity contribution in [3.8, 4) is 0 Å². The fourth-order valence-electron chi connectivity index (χ4n) is 16.8. The van der Waals surface area contributed by atoms with Crippen molar-refractivity contribution >= 4 is 136 Å². The first-order chi connectivity index (χ1) is 63.8. The number of likely N-dealkylation sites (tertiary alicyclic amines) is 4. The summed E-state index contributed by atoms with van der Waals surface area (Å²) in [5.41, 5.74) is 4.74. The normalized spacial score (nSPS) is 21.2. The van der Waals surface area contributed by atoms with Crippen LogP contribution < -0.4 is 0 Å². The number of thioether (sulfide) groups is 4. The van der Waals surface area contributed by atoms with Crippen molar-refractivity contribution in [1.82, 2.24) is 19.6 Å². The smallest absolute Gasteiger partial charge is 0.326 e. The lowest BCUT2D eigenvalue weighted by atomic mass is 10.0. The van der Waals surface area contributed by atoms with Gasteiger partial charge in [0.25, 0.3) is 0 Å². The zero-order chi connectivity index (χ0) is 98.4. The largest absolute Gasteiger partial charge is 0.480 e. The maximum Gasteiger partial charge on any atom is 0.326 e. The van der Waals surface area contributed by atoms with E-state index in [1.165, 1.54) is 61.1 Å². The summed E-state index contributed by atoms with van der Waals surface area (Å²) in [6.45, 7) is 18.5. The molecule has 1 saturated carbocycles. The third kappa shape index (κ3) is 43.4. The Morgan fingerprint density at radius 2 is 0.709 bits per heavy atom. The van der Waals surface area contributed by atoms with Crippen LogP contribution in [0.25, 0.3) is 0 Å². The molecule has 14 atom stereocenters. The van der Waals surface area contributed by atoms with E-state index in [0.717, 1.165) is 107 Å². The van der Waals surface area contributed by atoms with E-state index in [9.17, 15) is 96.4 Å². The Hall–Kier alpha value is -6.06. The van der Waals surface area contributed by atoms with Crippen LogP contribution in [0.1, 0.15) is 239 Å². The first kappa shape index (κ1) is 117. The van der Waals surface area contributed by atoms with Crippen LogP contribution >= 0.6 is 76.5 Å². The number of carboxylic acid groups (broad SMARTS) is 4. The number of esters is 1. The number of Topliss-reactive ketones (excluding diaryl/α,β-unsaturated/α-hetero) is 1. The van der Waals surface area contributed by atoms with E-state index in [1.54, 1.807) is 63.0 Å². The molecule has 9 rings (SSSR count). The highest BCUT2D eigenvalue weighted by Crippen LogP contribution is 2.53. The molecule has 5 fully saturated rings. The molecule has 4 aromatic rings. The number of aliphatic carboxylic acids is 4. The van der Waals surface area contributed by atoms with Crippen molar-refractivity contribution in [2.45, 2.75) is 305 Å². The number of aryl methyl sites for hydroxylation is 4. The molecule has 35 heteroatoms. The number of carbonyl (C=O) groups is 10. The number of hydrogen-bond donors (Lipinski definition) is 6. The second-order valence-corrected chi connectivity index (χ2v) is 52.5. The zero-order valence-corrected chi connectivity index (χ0v) is 87.1. The SMILES string of the molecule is CCCCS[C@@H]1C[C@@H](C(=O)O)N(C(=O)CP(=O)(CCCCc2ccccc2)O[C@@H](OC(=O)CC)C(C)C)C1.CCCS[C@@H]1C[C@@H](C(=O)O)N(C(=O)CP(=O)(CCCCc2ccccc2)O[C@@H](CC(=O)CC)C(C)C)C1.CCCS[C@@H]1C[C@@H](C(=O)O)N(C(=O)CP(=O)(O)CCCCc2ccccc2)C1.O=C(O)[C@@H]1C[C@@H](SC2CCCCC2)CN1C(=O)CP(=O)(O)CCCCc1ccccc1. The van der Waals surface area contributed by atoms with Gasteiger partial charge in [0.15, 0.2) is 0 Å². The van der Waals surface area contributed by atoms with Gasteiger partial charge in [-0.2, -0.15) is 47.0 Å². The van der Waals surface area contributed by atoms with Gasteiger partial charge in [0, 0.05) is 102 Å². The summed E-state index contributed by atoms with van der Waals surface area (Å²) in [5, 5.41) is 39.4. The minimum Gasteiger partial charge on any atom is -0.480 e. The molecule has 4 unspecified atom stereocenters. The molecule has 1 aliphatic carbocycles. The molecule has 4 heterocycles. The minimum absolute atomic E-state index is 0.0296. The average molecular weight is 2020 g/mol. The van der Waals surface area contributed by atoms with Gasteiger partial charge in [-0.15, -0.1) is 0 Å². The third-order valence-electron chi connectivity index (χ3n) is 24.4. The Balaban J connectivity index is 0.000000276. The number of ketones is 1. The van der Waals surface area contributed by atoms with Crippen LogP contribution in [0.4, 0.5) is 0 Å². The lowest BCUT2D eigenvalue weighted by molar-refractivity contribution is -0.169. The predicted octanol–water partition coefficient (Wildman–Crippen LogP) is 19.6. The molecule has 0 spiro atoms. The lowest BCUT2D eigenvalue weighted by Crippen LogP contribution is -2.42. The summed E-state index contributed by atoms with van der Waals surface area (Å²) in [6, 6.07) is 36.3. The third-order valence-corrected chi connectivity index (χ3v) is 38.5. The molecule has 750 valence electrons. The maximum atomic E-state index is 14.2. The number of unbranched alkanes of at least 4 members (excludes halogenated alkanes) is 5. The number of hydrogen-bond acceptors (Lipinski definition) is 21. The van der Waals surface area contributed by atoms with Crippen LogP contribution in [0.5, 0.6) is 0 Å². The van der Waals surface area contributed by atoms with Gasteiger partial charge >= 0.3 is 29.8 Å². The Labute approximate surface area is 813 Å². The second-order valence-electron chi connectivity index (χ2n) is 36.6. The highest BCUT2D eigenvalue weighted by molar-refractivity contribution is 8.00. The molecule has 6 N–H and O–H groups in total. The molecule has 5 aliphatic rings. The quantitative estimate of drug-likeness (QED) is 0.0103. The van der Waals surface area contributed by atoms with Crippen LogP contribution in [0.15, 0.2) is 121 Å². The second kappa shape index (κ2) is 61.5. The number of ether oxygens (including phenoxy) is 1. The number of rotatable bonds is 55. The minimum atomic E-state index is -3.62. The predicted molar refractivity (Wildman–Crippen MR) is 541 cm³/mol. The standard InChI is InChI=1S/C28H44NO7PS.C28H44NO6PS.C23H34NO5PS.C20H30NO5PS/c1-5-7-17-38-23-18-24(27(32)33)29(19-23)25(30)20-37(34,36-28(21(3)4)35-26(31)6-2)16-12-11-15-22-13-9-8-10-14-22;1-5-16-37-24-18-25(28(32)33)29(19-24)27(31)20-36(34,35-26(21(3)4)17-23(30)6-2)15-11-10-14-22-12-8-7-9-13-22;25-22(17-30(28,29)14-8-7-11-18-9-3-1-4-10-18)24-16-20(15-21(24)23(26)27)31-19-12-5-2-6-13-19;1-2-12-28-17-13-18(20(23)24)21(14-17)19(22)15-27(25,26)11-7-6-10-16-8-4-3-5-9-16/h8-10,13-14,21,23-24,28H,5-7,11-12,15-20H2,1-4H3,(H,32,33);7-9,12-13,21,24-26H,5-6,10-11,14-20H2,1-4H3,(H,32,33);1,3-4,9-10,19-21H,2,5-8,11-17H2,(H,26,27)(H,28,29);3-5,8-9,17-18H,2,6-7,10-15H2,1H3,(H,23,24)(H,25,26)/t23-,24+,28-,37?;24-,25+,26+,36?;20-,21+;17-,18+/m1111/s1. The number of benzene rings is 4.